The van der Waals surface area contributed by atoms with E-state index in [0.29, 0.717) is 16.3 Å². The van der Waals surface area contributed by atoms with Gasteiger partial charge >= 0.3 is 0 Å². The van der Waals surface area contributed by atoms with Crippen molar-refractivity contribution in [1.82, 2.24) is 0 Å². The number of nitro groups is 1. The number of nitro benzene ring substituents is 1. The molecule has 4 nitrogen and oxygen atoms in total. The molecular weight excluding hydrogens is 252 g/mol. The van der Waals surface area contributed by atoms with Crippen LogP contribution in [0.3, 0.4) is 0 Å². The largest absolute Gasteiger partial charge is 0.280 e. The molecule has 1 atom stereocenters. The van der Waals surface area contributed by atoms with Crippen molar-refractivity contribution in [1.29, 1.82) is 0 Å². The Hall–Kier alpha value is -1.94. The molecule has 3 rings (SSSR count). The minimum absolute atomic E-state index is 0.0185. The van der Waals surface area contributed by atoms with Crippen molar-refractivity contribution < 1.29 is 4.92 Å². The third-order valence-corrected chi connectivity index (χ3v) is 3.36. The lowest BCUT2D eigenvalue weighted by molar-refractivity contribution is -0.385. The predicted octanol–water partition coefficient (Wildman–Crippen LogP) is 3.92. The first-order chi connectivity index (χ1) is 8.58. The van der Waals surface area contributed by atoms with Gasteiger partial charge in [-0.3, -0.25) is 15.1 Å². The van der Waals surface area contributed by atoms with Gasteiger partial charge < -0.3 is 0 Å². The molecule has 1 heterocycles. The molecule has 0 spiro atoms. The molecule has 0 saturated carbocycles. The molecule has 0 saturated heterocycles. The van der Waals surface area contributed by atoms with Crippen molar-refractivity contribution >= 4 is 34.3 Å². The minimum Gasteiger partial charge on any atom is -0.258 e. The van der Waals surface area contributed by atoms with Crippen molar-refractivity contribution in [2.45, 2.75) is 6.92 Å². The summed E-state index contributed by atoms with van der Waals surface area (Å²) in [5.74, 6) is 0.163. The van der Waals surface area contributed by atoms with Crippen LogP contribution in [0.25, 0.3) is 5.57 Å². The lowest BCUT2D eigenvalue weighted by Gasteiger charge is -2.12. The molecule has 1 aliphatic heterocycles. The van der Waals surface area contributed by atoms with E-state index < -0.39 is 4.92 Å². The van der Waals surface area contributed by atoms with E-state index in [2.05, 4.69) is 4.99 Å². The Balaban J connectivity index is 2.29. The average Bonchev–Trinajstić information content (AvgIpc) is 2.67. The van der Waals surface area contributed by atoms with Crippen LogP contribution in [0.15, 0.2) is 35.4 Å². The fraction of sp³-hybridized carbons (Fsp3) is 0.154. The predicted molar refractivity (Wildman–Crippen MR) is 71.5 cm³/mol. The second-order valence-electron chi connectivity index (χ2n) is 4.33. The van der Waals surface area contributed by atoms with Crippen molar-refractivity contribution in [3.8, 4) is 0 Å². The molecule has 1 aliphatic carbocycles. The van der Waals surface area contributed by atoms with E-state index in [1.54, 1.807) is 6.07 Å². The summed E-state index contributed by atoms with van der Waals surface area (Å²) >= 11 is 5.90. The minimum atomic E-state index is -0.410. The van der Waals surface area contributed by atoms with Gasteiger partial charge in [0.15, 0.2) is 0 Å². The Kier molecular flexibility index (Phi) is 2.35. The summed E-state index contributed by atoms with van der Waals surface area (Å²) < 4.78 is 0. The molecular formula is C13H9ClN2O2. The maximum Gasteiger partial charge on any atom is 0.280 e. The van der Waals surface area contributed by atoms with E-state index in [-0.39, 0.29) is 11.6 Å². The summed E-state index contributed by atoms with van der Waals surface area (Å²) in [5, 5.41) is 11.5. The number of hydrogen-bond donors (Lipinski definition) is 0. The molecule has 2 aliphatic rings. The van der Waals surface area contributed by atoms with E-state index >= 15 is 0 Å². The number of halogens is 1. The zero-order valence-corrected chi connectivity index (χ0v) is 10.3. The van der Waals surface area contributed by atoms with Crippen molar-refractivity contribution in [2.75, 3.05) is 0 Å². The van der Waals surface area contributed by atoms with Crippen LogP contribution in [0, 0.1) is 16.0 Å². The highest BCUT2D eigenvalue weighted by atomic mass is 35.5. The second kappa shape index (κ2) is 3.78. The smallest absolute Gasteiger partial charge is 0.258 e. The van der Waals surface area contributed by atoms with Gasteiger partial charge in [-0.25, -0.2) is 0 Å². The Labute approximate surface area is 108 Å². The standard InChI is InChI=1S/C13H9ClN2O2/c1-7-3-2-4-9-12-10(15-13(7)9)5-8(14)6-11(12)16(17)18/h2-7H,1H3. The van der Waals surface area contributed by atoms with E-state index in [0.717, 1.165) is 11.3 Å². The third-order valence-electron chi connectivity index (χ3n) is 3.14. The number of aliphatic imine (C=N–C) groups is 1. The summed E-state index contributed by atoms with van der Waals surface area (Å²) in [6.07, 6.45) is 5.79. The van der Waals surface area contributed by atoms with Gasteiger partial charge in [-0.1, -0.05) is 36.8 Å². The van der Waals surface area contributed by atoms with Crippen LogP contribution in [-0.2, 0) is 0 Å². The van der Waals surface area contributed by atoms with Gasteiger partial charge in [0, 0.05) is 22.6 Å². The highest BCUT2D eigenvalue weighted by molar-refractivity contribution is 6.34. The average molecular weight is 261 g/mol. The van der Waals surface area contributed by atoms with Gasteiger partial charge in [-0.15, -0.1) is 0 Å². The third kappa shape index (κ3) is 1.49. The van der Waals surface area contributed by atoms with Gasteiger partial charge in [0.05, 0.1) is 21.9 Å². The molecule has 0 aromatic heterocycles. The first kappa shape index (κ1) is 11.2. The molecule has 5 heteroatoms. The van der Waals surface area contributed by atoms with Gasteiger partial charge in [-0.05, 0) is 6.07 Å². The quantitative estimate of drug-likeness (QED) is 0.567. The molecule has 1 aromatic rings. The van der Waals surface area contributed by atoms with Crippen LogP contribution in [0.4, 0.5) is 11.4 Å². The topological polar surface area (TPSA) is 55.5 Å². The Morgan fingerprint density at radius 2 is 2.22 bits per heavy atom. The van der Waals surface area contributed by atoms with Crippen LogP contribution in [0.2, 0.25) is 5.02 Å². The first-order valence-corrected chi connectivity index (χ1v) is 5.91. The summed E-state index contributed by atoms with van der Waals surface area (Å²) in [6, 6.07) is 3.05. The SMILES string of the molecule is CC1C=CC=C2C1=Nc1cc(Cl)cc([N+](=O)[O-])c12. The second-order valence-corrected chi connectivity index (χ2v) is 4.76. The fourth-order valence-corrected chi connectivity index (χ4v) is 2.54. The molecule has 18 heavy (non-hydrogen) atoms. The van der Waals surface area contributed by atoms with Crippen LogP contribution in [0.1, 0.15) is 12.5 Å². The molecule has 1 aromatic carbocycles. The van der Waals surface area contributed by atoms with E-state index in [9.17, 15) is 10.1 Å². The molecule has 0 N–H and O–H groups in total. The maximum atomic E-state index is 11.1. The molecule has 0 amide bonds. The number of rotatable bonds is 1. The number of nitrogens with zero attached hydrogens (tertiary/aromatic N) is 2. The van der Waals surface area contributed by atoms with Gasteiger partial charge in [0.1, 0.15) is 0 Å². The maximum absolute atomic E-state index is 11.1. The normalized spacial score (nSPS) is 20.0. The van der Waals surface area contributed by atoms with Crippen LogP contribution < -0.4 is 0 Å². The van der Waals surface area contributed by atoms with E-state index in [1.165, 1.54) is 6.07 Å². The van der Waals surface area contributed by atoms with Crippen LogP contribution in [0.5, 0.6) is 0 Å². The molecule has 0 fully saturated rings. The Morgan fingerprint density at radius 3 is 2.94 bits per heavy atom. The summed E-state index contributed by atoms with van der Waals surface area (Å²) in [5.41, 5.74) is 2.90. The van der Waals surface area contributed by atoms with Gasteiger partial charge in [0.25, 0.3) is 5.69 Å². The molecule has 0 radical (unpaired) electrons. The van der Waals surface area contributed by atoms with Crippen LogP contribution in [-0.4, -0.2) is 10.6 Å². The van der Waals surface area contributed by atoms with Crippen molar-refractivity contribution in [3.63, 3.8) is 0 Å². The Morgan fingerprint density at radius 1 is 1.44 bits per heavy atom. The number of fused-ring (bicyclic) bond motifs is 3. The summed E-state index contributed by atoms with van der Waals surface area (Å²) in [6.45, 7) is 2.02. The zero-order chi connectivity index (χ0) is 12.9. The lowest BCUT2D eigenvalue weighted by Crippen LogP contribution is -2.10. The monoisotopic (exact) mass is 260 g/mol. The van der Waals surface area contributed by atoms with Crippen LogP contribution >= 0.6 is 11.6 Å². The van der Waals surface area contributed by atoms with E-state index in [4.69, 9.17) is 11.6 Å². The number of hydrogen-bond acceptors (Lipinski definition) is 3. The first-order valence-electron chi connectivity index (χ1n) is 5.53. The van der Waals surface area contributed by atoms with Crippen molar-refractivity contribution in [3.05, 3.63) is 51.1 Å². The Bertz CT molecular complexity index is 659. The highest BCUT2D eigenvalue weighted by Crippen LogP contribution is 2.45. The summed E-state index contributed by atoms with van der Waals surface area (Å²) in [7, 11) is 0. The van der Waals surface area contributed by atoms with Gasteiger partial charge in [0.2, 0.25) is 0 Å². The number of benzene rings is 1. The molecule has 0 bridgehead atoms. The van der Waals surface area contributed by atoms with E-state index in [1.807, 2.05) is 25.2 Å². The molecule has 90 valence electrons. The fourth-order valence-electron chi connectivity index (χ4n) is 2.33. The van der Waals surface area contributed by atoms with Gasteiger partial charge in [-0.2, -0.15) is 0 Å². The number of allylic oxidation sites excluding steroid dienone is 4. The zero-order valence-electron chi connectivity index (χ0n) is 9.55. The van der Waals surface area contributed by atoms with Crippen molar-refractivity contribution in [2.24, 2.45) is 10.9 Å². The molecule has 1 unspecified atom stereocenters. The highest BCUT2D eigenvalue weighted by Gasteiger charge is 2.32. The lowest BCUT2D eigenvalue weighted by atomic mass is 9.90. The summed E-state index contributed by atoms with van der Waals surface area (Å²) in [4.78, 5) is 15.2.